The predicted molar refractivity (Wildman–Crippen MR) is 481 cm³/mol. The fourth-order valence-electron chi connectivity index (χ4n) is 18.4. The summed E-state index contributed by atoms with van der Waals surface area (Å²) in [6, 6.07) is 3.36. The molecule has 38 heteroatoms. The van der Waals surface area contributed by atoms with Crippen molar-refractivity contribution in [1.82, 2.24) is 21.3 Å². The van der Waals surface area contributed by atoms with E-state index in [1.54, 1.807) is 51.1 Å². The second-order valence-electron chi connectivity index (χ2n) is 36.9. The van der Waals surface area contributed by atoms with Gasteiger partial charge in [-0.2, -0.15) is 0 Å². The van der Waals surface area contributed by atoms with Gasteiger partial charge in [0.25, 0.3) is 0 Å². The fourth-order valence-corrected chi connectivity index (χ4v) is 18.4. The van der Waals surface area contributed by atoms with E-state index in [4.69, 9.17) is 90.0 Å². The van der Waals surface area contributed by atoms with E-state index in [1.807, 2.05) is 0 Å². The first-order chi connectivity index (χ1) is 63.7. The molecule has 6 fully saturated rings. The molecule has 0 bridgehead atoms. The average molecular weight is 1910 g/mol. The summed E-state index contributed by atoms with van der Waals surface area (Å²) >= 11 is 0. The maximum absolute atomic E-state index is 15.1. The van der Waals surface area contributed by atoms with Gasteiger partial charge in [0.15, 0.2) is 49.9 Å². The molecule has 133 heavy (non-hydrogen) atoms. The Bertz CT molecular complexity index is 3440. The quantitative estimate of drug-likeness (QED) is 0.0265. The van der Waals surface area contributed by atoms with Crippen molar-refractivity contribution in [1.29, 1.82) is 0 Å². The maximum atomic E-state index is 15.1. The number of rotatable bonds is 61. The van der Waals surface area contributed by atoms with E-state index in [1.165, 1.54) is 225 Å². The third-order valence-electron chi connectivity index (χ3n) is 26.2. The van der Waals surface area contributed by atoms with Crippen LogP contribution in [0.1, 0.15) is 261 Å². The molecule has 1 aromatic rings. The molecule has 0 spiro atoms. The minimum Gasteiger partial charge on any atom is -0.479 e. The lowest BCUT2D eigenvalue weighted by atomic mass is 9.95. The standard InChI is InChI=1S/C95H164N4O34/c1-17-18-19-20-21-22-23-24-25-26-27-28-29-30-31-32-33-34-35-36-37-38-39-40-41-42-46-49-63(101)51-65(102)98-64(50-62-47-44-43-45-48-62)87(111)99-66(88(112)97-54(3)86(110)96-53(2)52-121-90-73(109)78(116-12)74(115-11)58(7)125-90)55(4)122-93-80(69(105)67(103)56(5)124-93)132-92-72(108)77(68(104)57(6)123-92)130-94-85(120-16)82(118-14)76(60(9)127-94)129-91-71(107)70(106)79(83(133-91)89(113)114)131-95-84(119-15)81(117-13)75(59(8)126-95)128-61(10)100/h43-45,47-48,53-60,63-64,66-85,90-95,101,103-109H,17-42,46,49-52H2,1-16H3,(H,96,110)(H,97,112)(H,98,102)(H,99,111)(H,113,114). The molecule has 0 aliphatic carbocycles. The van der Waals surface area contributed by atoms with Crippen LogP contribution in [0.4, 0.5) is 0 Å². The third-order valence-corrected chi connectivity index (χ3v) is 26.2. The number of aliphatic hydroxyl groups excluding tert-OH is 8. The monoisotopic (exact) mass is 1910 g/mol. The van der Waals surface area contributed by atoms with Crippen molar-refractivity contribution in [2.75, 3.05) is 49.3 Å². The van der Waals surface area contributed by atoms with Gasteiger partial charge in [0, 0.05) is 62.0 Å². The Kier molecular flexibility index (Phi) is 52.0. The van der Waals surface area contributed by atoms with E-state index < -0.39 is 256 Å². The van der Waals surface area contributed by atoms with E-state index in [9.17, 15) is 65.1 Å². The van der Waals surface area contributed by atoms with Crippen molar-refractivity contribution in [2.24, 2.45) is 0 Å². The summed E-state index contributed by atoms with van der Waals surface area (Å²) in [5.74, 6) is -5.62. The molecule has 6 aliphatic rings. The van der Waals surface area contributed by atoms with Crippen LogP contribution in [-0.2, 0) is 125 Å². The van der Waals surface area contributed by atoms with Crippen molar-refractivity contribution in [3.63, 3.8) is 0 Å². The molecule has 36 atom stereocenters. The number of aliphatic hydroxyl groups is 8. The zero-order chi connectivity index (χ0) is 97.5. The van der Waals surface area contributed by atoms with Crippen LogP contribution in [0.2, 0.25) is 0 Å². The molecule has 7 rings (SSSR count). The molecule has 38 nitrogen and oxygen atoms in total. The number of benzene rings is 1. The number of amides is 4. The van der Waals surface area contributed by atoms with Crippen molar-refractivity contribution in [2.45, 2.75) is 482 Å². The highest BCUT2D eigenvalue weighted by atomic mass is 16.8. The molecule has 6 saturated heterocycles. The number of aliphatic carboxylic acids is 1. The van der Waals surface area contributed by atoms with Crippen LogP contribution in [0.3, 0.4) is 0 Å². The molecule has 13 N–H and O–H groups in total. The number of carbonyl (C=O) groups excluding carboxylic acids is 5. The summed E-state index contributed by atoms with van der Waals surface area (Å²) in [7, 11) is 7.96. The minimum absolute atomic E-state index is 0.113. The lowest BCUT2D eigenvalue weighted by Gasteiger charge is -2.50. The third kappa shape index (κ3) is 35.3. The number of hydrogen-bond donors (Lipinski definition) is 13. The Morgan fingerprint density at radius 1 is 0.391 bits per heavy atom. The van der Waals surface area contributed by atoms with Crippen molar-refractivity contribution < 1.29 is 165 Å². The Labute approximate surface area is 785 Å². The summed E-state index contributed by atoms with van der Waals surface area (Å²) in [6.07, 6.45) is -12.5. The normalized spacial score (nSPS) is 34.0. The highest BCUT2D eigenvalue weighted by molar-refractivity contribution is 5.94. The molecule has 6 heterocycles. The molecule has 1 aromatic carbocycles. The summed E-state index contributed by atoms with van der Waals surface area (Å²) in [5, 5.41) is 115. The Morgan fingerprint density at radius 3 is 1.32 bits per heavy atom. The smallest absolute Gasteiger partial charge is 0.335 e. The highest BCUT2D eigenvalue weighted by Crippen LogP contribution is 2.39. The number of unbranched alkanes of at least 4 members (excludes halogenated alkanes) is 26. The number of nitrogens with one attached hydrogen (secondary N) is 4. The molecule has 0 aromatic heterocycles. The largest absolute Gasteiger partial charge is 0.479 e. The van der Waals surface area contributed by atoms with Gasteiger partial charge < -0.3 is 157 Å². The summed E-state index contributed by atoms with van der Waals surface area (Å²) < 4.78 is 113. The maximum Gasteiger partial charge on any atom is 0.335 e. The predicted octanol–water partition coefficient (Wildman–Crippen LogP) is 5.95. The van der Waals surface area contributed by atoms with E-state index in [0.717, 1.165) is 25.7 Å². The van der Waals surface area contributed by atoms with Crippen LogP contribution in [0.25, 0.3) is 0 Å². The van der Waals surface area contributed by atoms with Gasteiger partial charge in [-0.25, -0.2) is 4.79 Å². The SMILES string of the molecule is CCCCCCCCCCCCCCCCCCCCCCCCCCCCCC(O)CC(=O)NC(Cc1ccccc1)C(=O)NC(C(=O)NC(C)C(=O)NC(C)COC1OC(C)C(OC)C(OC)C1O)C(C)OC1OC(C)C(O)C(O)C1OC1OC(C)C(O)C(OC2OC(C)C(OC3OC(C(=O)O)C(OC4OC(C)C(OC(C)=O)C(OC)C4OC)C(O)C3O)C(OC)C2OC)C1O. The Morgan fingerprint density at radius 2 is 0.812 bits per heavy atom. The first-order valence-corrected chi connectivity index (χ1v) is 48.7. The number of hydrogen-bond acceptors (Lipinski definition) is 33. The molecular formula is C95H164N4O34. The number of carboxylic acids is 1. The minimum atomic E-state index is -2.06. The Hall–Kier alpha value is -5.00. The van der Waals surface area contributed by atoms with E-state index in [0.29, 0.717) is 18.4 Å². The van der Waals surface area contributed by atoms with Crippen molar-refractivity contribution in [3.8, 4) is 0 Å². The van der Waals surface area contributed by atoms with Crippen LogP contribution in [0.15, 0.2) is 30.3 Å². The van der Waals surface area contributed by atoms with E-state index in [2.05, 4.69) is 28.2 Å². The molecule has 36 unspecified atom stereocenters. The van der Waals surface area contributed by atoms with Crippen molar-refractivity contribution >= 4 is 35.6 Å². The molecule has 4 amide bonds. The van der Waals surface area contributed by atoms with Crippen LogP contribution >= 0.6 is 0 Å². The van der Waals surface area contributed by atoms with E-state index in [-0.39, 0.29) is 19.4 Å². The van der Waals surface area contributed by atoms with E-state index >= 15 is 9.59 Å². The number of ether oxygens (including phenoxy) is 19. The fraction of sp³-hybridized carbons (Fsp3) is 0.874. The zero-order valence-corrected chi connectivity index (χ0v) is 81.3. The van der Waals surface area contributed by atoms with Gasteiger partial charge >= 0.3 is 11.9 Å². The molecule has 0 saturated carbocycles. The van der Waals surface area contributed by atoms with Crippen LogP contribution in [0, 0.1) is 0 Å². The zero-order valence-electron chi connectivity index (χ0n) is 81.3. The van der Waals surface area contributed by atoms with Gasteiger partial charge in [0.05, 0.1) is 55.8 Å². The number of methoxy groups -OCH3 is 6. The Balaban J connectivity index is 0.984. The lowest BCUT2D eigenvalue weighted by molar-refractivity contribution is -0.393. The van der Waals surface area contributed by atoms with Gasteiger partial charge in [0.2, 0.25) is 23.6 Å². The van der Waals surface area contributed by atoms with Gasteiger partial charge in [-0.15, -0.1) is 0 Å². The summed E-state index contributed by atoms with van der Waals surface area (Å²) in [5.41, 5.74) is 0.602. The average Bonchev–Trinajstić information content (AvgIpc) is 0.762. The molecule has 768 valence electrons. The second-order valence-corrected chi connectivity index (χ2v) is 36.9. The van der Waals surface area contributed by atoms with Crippen LogP contribution < -0.4 is 21.3 Å². The van der Waals surface area contributed by atoms with Gasteiger partial charge in [0.1, 0.15) is 122 Å². The number of carbonyl (C=O) groups is 6. The van der Waals surface area contributed by atoms with Crippen molar-refractivity contribution in [3.05, 3.63) is 35.9 Å². The number of esters is 1. The first-order valence-electron chi connectivity index (χ1n) is 48.7. The van der Waals surface area contributed by atoms with Crippen LogP contribution in [-0.4, -0.2) is 351 Å². The van der Waals surface area contributed by atoms with Gasteiger partial charge in [-0.3, -0.25) is 24.0 Å². The first kappa shape index (κ1) is 115. The molecular weight excluding hydrogens is 1740 g/mol. The lowest BCUT2D eigenvalue weighted by Crippen LogP contribution is -2.68. The van der Waals surface area contributed by atoms with Gasteiger partial charge in [-0.1, -0.05) is 211 Å². The topological polar surface area (TPSA) is 508 Å². The van der Waals surface area contributed by atoms with Gasteiger partial charge in [-0.05, 0) is 67.4 Å². The molecule has 6 aliphatic heterocycles. The highest BCUT2D eigenvalue weighted by Gasteiger charge is 2.59. The number of carboxylic acid groups (broad SMARTS) is 1. The second kappa shape index (κ2) is 60.2. The summed E-state index contributed by atoms with van der Waals surface area (Å²) in [4.78, 5) is 83.4. The molecule has 0 radical (unpaired) electrons. The summed E-state index contributed by atoms with van der Waals surface area (Å²) in [6.45, 7) is 15.1. The van der Waals surface area contributed by atoms with Crippen LogP contribution in [0.5, 0.6) is 0 Å².